The van der Waals surface area contributed by atoms with E-state index in [4.69, 9.17) is 14.2 Å². The predicted molar refractivity (Wildman–Crippen MR) is 113 cm³/mol. The van der Waals surface area contributed by atoms with Gasteiger partial charge in [0, 0.05) is 50.5 Å². The smallest absolute Gasteiger partial charge is 0.258 e. The van der Waals surface area contributed by atoms with E-state index in [1.165, 1.54) is 0 Å². The fourth-order valence-electron chi connectivity index (χ4n) is 4.25. The molecule has 1 amide bonds. The van der Waals surface area contributed by atoms with Crippen LogP contribution in [0, 0.1) is 13.8 Å². The minimum Gasteiger partial charge on any atom is -0.385 e. The van der Waals surface area contributed by atoms with E-state index in [1.807, 2.05) is 36.9 Å². The second-order valence-corrected chi connectivity index (χ2v) is 8.19. The van der Waals surface area contributed by atoms with Gasteiger partial charge < -0.3 is 14.2 Å². The highest BCUT2D eigenvalue weighted by atomic mass is 16.5. The van der Waals surface area contributed by atoms with Crippen LogP contribution in [0.4, 0.5) is 0 Å². The first kappa shape index (κ1) is 21.2. The highest BCUT2D eigenvalue weighted by Gasteiger charge is 2.42. The Balaban J connectivity index is 1.57. The molecule has 0 N–H and O–H groups in total. The molecule has 0 aromatic carbocycles. The van der Waals surface area contributed by atoms with E-state index in [-0.39, 0.29) is 12.5 Å². The van der Waals surface area contributed by atoms with Crippen LogP contribution in [0.2, 0.25) is 0 Å². The zero-order valence-electron chi connectivity index (χ0n) is 18.2. The SMILES string of the molecule is COCCC1(c2noc(-c3ccncc3)n2)CCCN(C(=O)Cn2nc(C)cc2C)C1. The Morgan fingerprint density at radius 1 is 1.29 bits per heavy atom. The van der Waals surface area contributed by atoms with Gasteiger partial charge in [-0.1, -0.05) is 5.16 Å². The maximum absolute atomic E-state index is 13.1. The van der Waals surface area contributed by atoms with Gasteiger partial charge >= 0.3 is 0 Å². The summed E-state index contributed by atoms with van der Waals surface area (Å²) in [5.41, 5.74) is 2.31. The zero-order chi connectivity index (χ0) is 21.8. The summed E-state index contributed by atoms with van der Waals surface area (Å²) in [6, 6.07) is 5.65. The Morgan fingerprint density at radius 2 is 2.10 bits per heavy atom. The van der Waals surface area contributed by atoms with Crippen molar-refractivity contribution in [2.75, 3.05) is 26.8 Å². The van der Waals surface area contributed by atoms with Crippen LogP contribution < -0.4 is 0 Å². The highest BCUT2D eigenvalue weighted by molar-refractivity contribution is 5.76. The van der Waals surface area contributed by atoms with E-state index in [2.05, 4.69) is 15.2 Å². The van der Waals surface area contributed by atoms with Crippen molar-refractivity contribution in [2.45, 2.75) is 45.1 Å². The van der Waals surface area contributed by atoms with Gasteiger partial charge in [0.1, 0.15) is 6.54 Å². The number of amides is 1. The van der Waals surface area contributed by atoms with Gasteiger partial charge in [0.15, 0.2) is 5.82 Å². The van der Waals surface area contributed by atoms with Crippen molar-refractivity contribution in [1.29, 1.82) is 0 Å². The molecule has 31 heavy (non-hydrogen) atoms. The molecule has 1 fully saturated rings. The van der Waals surface area contributed by atoms with Crippen LogP contribution in [0.5, 0.6) is 0 Å². The van der Waals surface area contributed by atoms with Crippen molar-refractivity contribution in [3.8, 4) is 11.5 Å². The molecule has 4 heterocycles. The van der Waals surface area contributed by atoms with Gasteiger partial charge in [0.2, 0.25) is 5.91 Å². The number of pyridine rings is 1. The number of aryl methyl sites for hydroxylation is 2. The van der Waals surface area contributed by atoms with Gasteiger partial charge in [0.05, 0.1) is 11.1 Å². The maximum Gasteiger partial charge on any atom is 0.258 e. The van der Waals surface area contributed by atoms with Crippen LogP contribution >= 0.6 is 0 Å². The molecular formula is C22H28N6O3. The first-order chi connectivity index (χ1) is 15.0. The Labute approximate surface area is 181 Å². The second-order valence-electron chi connectivity index (χ2n) is 8.19. The number of hydrogen-bond donors (Lipinski definition) is 0. The molecule has 9 nitrogen and oxygen atoms in total. The number of likely N-dealkylation sites (tertiary alicyclic amines) is 1. The molecule has 0 aliphatic carbocycles. The van der Waals surface area contributed by atoms with Crippen LogP contribution in [0.15, 0.2) is 35.1 Å². The summed E-state index contributed by atoms with van der Waals surface area (Å²) in [6.07, 6.45) is 5.84. The van der Waals surface area contributed by atoms with E-state index in [1.54, 1.807) is 24.2 Å². The summed E-state index contributed by atoms with van der Waals surface area (Å²) < 4.78 is 12.7. The van der Waals surface area contributed by atoms with Gasteiger partial charge in [-0.05, 0) is 51.3 Å². The third kappa shape index (κ3) is 4.51. The van der Waals surface area contributed by atoms with Crippen molar-refractivity contribution >= 4 is 5.91 Å². The minimum atomic E-state index is -0.409. The molecule has 0 saturated carbocycles. The summed E-state index contributed by atoms with van der Waals surface area (Å²) >= 11 is 0. The molecule has 1 unspecified atom stereocenters. The van der Waals surface area contributed by atoms with Gasteiger partial charge in [-0.25, -0.2) is 0 Å². The van der Waals surface area contributed by atoms with Crippen molar-refractivity contribution in [3.63, 3.8) is 0 Å². The lowest BCUT2D eigenvalue weighted by molar-refractivity contribution is -0.134. The summed E-state index contributed by atoms with van der Waals surface area (Å²) in [7, 11) is 1.68. The van der Waals surface area contributed by atoms with Gasteiger partial charge in [0.25, 0.3) is 5.89 Å². The molecule has 4 rings (SSSR count). The number of nitrogens with zero attached hydrogens (tertiary/aromatic N) is 6. The van der Waals surface area contributed by atoms with E-state index in [9.17, 15) is 4.79 Å². The number of hydrogen-bond acceptors (Lipinski definition) is 7. The summed E-state index contributed by atoms with van der Waals surface area (Å²) in [4.78, 5) is 23.8. The molecule has 3 aromatic rings. The zero-order valence-corrected chi connectivity index (χ0v) is 18.2. The number of piperidine rings is 1. The normalized spacial score (nSPS) is 19.0. The predicted octanol–water partition coefficient (Wildman–Crippen LogP) is 2.54. The fourth-order valence-corrected chi connectivity index (χ4v) is 4.25. The first-order valence-electron chi connectivity index (χ1n) is 10.5. The van der Waals surface area contributed by atoms with E-state index >= 15 is 0 Å². The average molecular weight is 425 g/mol. The Hall–Kier alpha value is -3.07. The van der Waals surface area contributed by atoms with E-state index < -0.39 is 5.41 Å². The molecule has 1 aliphatic rings. The number of carbonyl (C=O) groups is 1. The molecule has 9 heteroatoms. The third-order valence-electron chi connectivity index (χ3n) is 5.93. The lowest BCUT2D eigenvalue weighted by Gasteiger charge is -2.41. The Bertz CT molecular complexity index is 1030. The standard InChI is InChI=1S/C22H28N6O3/c1-16-13-17(2)28(25-16)14-19(29)27-11-4-7-22(15-27,8-12-30-3)21-24-20(31-26-21)18-5-9-23-10-6-18/h5-6,9-10,13H,4,7-8,11-12,14-15H2,1-3H3. The largest absolute Gasteiger partial charge is 0.385 e. The molecule has 3 aromatic heterocycles. The number of ether oxygens (including phenoxy) is 1. The summed E-state index contributed by atoms with van der Waals surface area (Å²) in [5.74, 6) is 1.13. The van der Waals surface area contributed by atoms with Crippen LogP contribution in [0.25, 0.3) is 11.5 Å². The van der Waals surface area contributed by atoms with Gasteiger partial charge in [-0.2, -0.15) is 10.1 Å². The van der Waals surface area contributed by atoms with Crippen molar-refractivity contribution in [3.05, 3.63) is 47.8 Å². The Morgan fingerprint density at radius 3 is 2.81 bits per heavy atom. The number of aromatic nitrogens is 5. The van der Waals surface area contributed by atoms with Crippen LogP contribution in [0.3, 0.4) is 0 Å². The topological polar surface area (TPSA) is 99.2 Å². The lowest BCUT2D eigenvalue weighted by atomic mass is 9.76. The molecule has 0 bridgehead atoms. The highest BCUT2D eigenvalue weighted by Crippen LogP contribution is 2.37. The molecule has 0 radical (unpaired) electrons. The van der Waals surface area contributed by atoms with Crippen molar-refractivity contribution in [2.24, 2.45) is 0 Å². The molecular weight excluding hydrogens is 396 g/mol. The quantitative estimate of drug-likeness (QED) is 0.575. The fraction of sp³-hybridized carbons (Fsp3) is 0.500. The summed E-state index contributed by atoms with van der Waals surface area (Å²) in [6.45, 7) is 5.92. The van der Waals surface area contributed by atoms with Crippen LogP contribution in [-0.2, 0) is 21.5 Å². The van der Waals surface area contributed by atoms with E-state index in [0.29, 0.717) is 37.8 Å². The van der Waals surface area contributed by atoms with Gasteiger partial charge in [-0.3, -0.25) is 14.5 Å². The lowest BCUT2D eigenvalue weighted by Crippen LogP contribution is -2.50. The summed E-state index contributed by atoms with van der Waals surface area (Å²) in [5, 5.41) is 8.75. The molecule has 0 spiro atoms. The second kappa shape index (κ2) is 8.97. The van der Waals surface area contributed by atoms with Crippen molar-refractivity contribution < 1.29 is 14.1 Å². The van der Waals surface area contributed by atoms with Crippen LogP contribution in [0.1, 0.15) is 36.5 Å². The monoisotopic (exact) mass is 424 g/mol. The van der Waals surface area contributed by atoms with E-state index in [0.717, 1.165) is 29.8 Å². The molecule has 1 atom stereocenters. The maximum atomic E-state index is 13.1. The molecule has 164 valence electrons. The van der Waals surface area contributed by atoms with Crippen LogP contribution in [-0.4, -0.2) is 62.5 Å². The number of carbonyl (C=O) groups excluding carboxylic acids is 1. The molecule has 1 saturated heterocycles. The number of methoxy groups -OCH3 is 1. The average Bonchev–Trinajstić information content (AvgIpc) is 3.40. The first-order valence-corrected chi connectivity index (χ1v) is 10.5. The van der Waals surface area contributed by atoms with Gasteiger partial charge in [-0.15, -0.1) is 0 Å². The van der Waals surface area contributed by atoms with Crippen molar-refractivity contribution in [1.82, 2.24) is 29.8 Å². The Kier molecular flexibility index (Phi) is 6.13. The third-order valence-corrected chi connectivity index (χ3v) is 5.93. The molecule has 1 aliphatic heterocycles. The minimum absolute atomic E-state index is 0.0468. The number of rotatable bonds is 7.